The highest BCUT2D eigenvalue weighted by Gasteiger charge is 2.09. The number of hydrogen-bond donors (Lipinski definition) is 0. The van der Waals surface area contributed by atoms with Crippen molar-refractivity contribution in [2.45, 2.75) is 13.3 Å². The first-order chi connectivity index (χ1) is 8.33. The zero-order valence-electron chi connectivity index (χ0n) is 9.71. The Labute approximate surface area is 100 Å². The van der Waals surface area contributed by atoms with E-state index in [1.54, 1.807) is 23.0 Å². The Kier molecular flexibility index (Phi) is 3.50. The van der Waals surface area contributed by atoms with Crippen molar-refractivity contribution in [2.75, 3.05) is 0 Å². The summed E-state index contributed by atoms with van der Waals surface area (Å²) in [5.41, 5.74) is 1.48. The largest absolute Gasteiger partial charge is 0.288 e. The summed E-state index contributed by atoms with van der Waals surface area (Å²) in [6.07, 6.45) is 5.94. The zero-order valence-corrected chi connectivity index (χ0v) is 9.71. The van der Waals surface area contributed by atoms with Crippen LogP contribution in [-0.4, -0.2) is 15.6 Å². The SMILES string of the molecule is CC/C=C/C(=O)c1ccnn1-c1ccccc1. The van der Waals surface area contributed by atoms with Gasteiger partial charge in [0.1, 0.15) is 5.69 Å². The molecule has 0 radical (unpaired) electrons. The summed E-state index contributed by atoms with van der Waals surface area (Å²) in [6, 6.07) is 11.4. The van der Waals surface area contributed by atoms with E-state index in [1.165, 1.54) is 0 Å². The fourth-order valence-electron chi connectivity index (χ4n) is 1.58. The van der Waals surface area contributed by atoms with Gasteiger partial charge in [-0.25, -0.2) is 4.68 Å². The first kappa shape index (κ1) is 11.3. The molecule has 0 aliphatic rings. The maximum Gasteiger partial charge on any atom is 0.203 e. The van der Waals surface area contributed by atoms with E-state index in [2.05, 4.69) is 5.10 Å². The lowest BCUT2D eigenvalue weighted by atomic mass is 10.2. The van der Waals surface area contributed by atoms with Gasteiger partial charge in [-0.1, -0.05) is 31.2 Å². The average Bonchev–Trinajstić information content (AvgIpc) is 2.86. The molecular formula is C14H14N2O. The molecule has 1 aromatic carbocycles. The van der Waals surface area contributed by atoms with Gasteiger partial charge in [0.15, 0.2) is 0 Å². The lowest BCUT2D eigenvalue weighted by Gasteiger charge is -2.04. The van der Waals surface area contributed by atoms with Crippen molar-refractivity contribution in [1.82, 2.24) is 9.78 Å². The van der Waals surface area contributed by atoms with Gasteiger partial charge in [0, 0.05) is 0 Å². The summed E-state index contributed by atoms with van der Waals surface area (Å²) < 4.78 is 1.66. The van der Waals surface area contributed by atoms with Gasteiger partial charge in [-0.15, -0.1) is 0 Å². The van der Waals surface area contributed by atoms with Gasteiger partial charge >= 0.3 is 0 Å². The molecule has 1 heterocycles. The minimum atomic E-state index is -0.0202. The molecule has 86 valence electrons. The normalized spacial score (nSPS) is 10.9. The molecule has 17 heavy (non-hydrogen) atoms. The van der Waals surface area contributed by atoms with Crippen molar-refractivity contribution < 1.29 is 4.79 Å². The van der Waals surface area contributed by atoms with Crippen LogP contribution in [0.1, 0.15) is 23.8 Å². The highest BCUT2D eigenvalue weighted by Crippen LogP contribution is 2.10. The maximum atomic E-state index is 11.9. The fraction of sp³-hybridized carbons (Fsp3) is 0.143. The van der Waals surface area contributed by atoms with Gasteiger partial charge in [-0.05, 0) is 30.7 Å². The minimum absolute atomic E-state index is 0.0202. The molecule has 1 aromatic heterocycles. The van der Waals surface area contributed by atoms with Gasteiger partial charge in [0.25, 0.3) is 0 Å². The number of rotatable bonds is 4. The smallest absolute Gasteiger partial charge is 0.203 e. The van der Waals surface area contributed by atoms with E-state index in [0.717, 1.165) is 12.1 Å². The second kappa shape index (κ2) is 5.25. The molecule has 0 fully saturated rings. The van der Waals surface area contributed by atoms with Crippen LogP contribution in [0.2, 0.25) is 0 Å². The van der Waals surface area contributed by atoms with Crippen LogP contribution in [-0.2, 0) is 0 Å². The molecule has 0 unspecified atom stereocenters. The number of carbonyl (C=O) groups is 1. The molecule has 0 N–H and O–H groups in total. The van der Waals surface area contributed by atoms with Gasteiger partial charge in [0.05, 0.1) is 11.9 Å². The van der Waals surface area contributed by atoms with Crippen molar-refractivity contribution in [3.8, 4) is 5.69 Å². The van der Waals surface area contributed by atoms with Gasteiger partial charge in [-0.2, -0.15) is 5.10 Å². The molecule has 0 spiro atoms. The second-order valence-corrected chi connectivity index (χ2v) is 3.64. The second-order valence-electron chi connectivity index (χ2n) is 3.64. The molecule has 0 atom stereocenters. The summed E-state index contributed by atoms with van der Waals surface area (Å²) in [4.78, 5) is 11.9. The molecule has 0 aliphatic carbocycles. The van der Waals surface area contributed by atoms with E-state index in [1.807, 2.05) is 43.3 Å². The van der Waals surface area contributed by atoms with Gasteiger partial charge in [-0.3, -0.25) is 4.79 Å². The Bertz CT molecular complexity index is 526. The summed E-state index contributed by atoms with van der Waals surface area (Å²) >= 11 is 0. The van der Waals surface area contributed by atoms with Crippen LogP contribution in [0.25, 0.3) is 5.69 Å². The van der Waals surface area contributed by atoms with Crippen LogP contribution in [0.15, 0.2) is 54.7 Å². The van der Waals surface area contributed by atoms with E-state index >= 15 is 0 Å². The monoisotopic (exact) mass is 226 g/mol. The first-order valence-corrected chi connectivity index (χ1v) is 5.63. The number of ketones is 1. The van der Waals surface area contributed by atoms with Crippen molar-refractivity contribution in [2.24, 2.45) is 0 Å². The minimum Gasteiger partial charge on any atom is -0.288 e. The van der Waals surface area contributed by atoms with Crippen molar-refractivity contribution in [3.63, 3.8) is 0 Å². The van der Waals surface area contributed by atoms with Gasteiger partial charge in [0.2, 0.25) is 5.78 Å². The summed E-state index contributed by atoms with van der Waals surface area (Å²) in [5, 5.41) is 4.18. The molecule has 3 heteroatoms. The predicted octanol–water partition coefficient (Wildman–Crippen LogP) is 3.02. The molecule has 0 saturated carbocycles. The lowest BCUT2D eigenvalue weighted by Crippen LogP contribution is -2.06. The summed E-state index contributed by atoms with van der Waals surface area (Å²) in [7, 11) is 0. The fourth-order valence-corrected chi connectivity index (χ4v) is 1.58. The van der Waals surface area contributed by atoms with Crippen molar-refractivity contribution >= 4 is 5.78 Å². The number of aromatic nitrogens is 2. The van der Waals surface area contributed by atoms with E-state index in [0.29, 0.717) is 5.69 Å². The van der Waals surface area contributed by atoms with E-state index in [9.17, 15) is 4.79 Å². The van der Waals surface area contributed by atoms with E-state index in [4.69, 9.17) is 0 Å². The van der Waals surface area contributed by atoms with Crippen LogP contribution in [0.4, 0.5) is 0 Å². The summed E-state index contributed by atoms with van der Waals surface area (Å²) in [5.74, 6) is -0.0202. The van der Waals surface area contributed by atoms with Crippen LogP contribution >= 0.6 is 0 Å². The Balaban J connectivity index is 2.35. The Morgan fingerprint density at radius 1 is 1.29 bits per heavy atom. The number of allylic oxidation sites excluding steroid dienone is 2. The molecule has 0 amide bonds. The number of benzene rings is 1. The highest BCUT2D eigenvalue weighted by molar-refractivity contribution is 6.03. The average molecular weight is 226 g/mol. The molecular weight excluding hydrogens is 212 g/mol. The predicted molar refractivity (Wildman–Crippen MR) is 67.3 cm³/mol. The molecule has 2 rings (SSSR count). The number of para-hydroxylation sites is 1. The third-order valence-corrected chi connectivity index (χ3v) is 2.40. The summed E-state index contributed by atoms with van der Waals surface area (Å²) in [6.45, 7) is 2.00. The van der Waals surface area contributed by atoms with E-state index in [-0.39, 0.29) is 5.78 Å². The van der Waals surface area contributed by atoms with Crippen molar-refractivity contribution in [1.29, 1.82) is 0 Å². The molecule has 0 bridgehead atoms. The Morgan fingerprint density at radius 2 is 2.06 bits per heavy atom. The number of nitrogens with zero attached hydrogens (tertiary/aromatic N) is 2. The Hall–Kier alpha value is -2.16. The van der Waals surface area contributed by atoms with E-state index < -0.39 is 0 Å². The topological polar surface area (TPSA) is 34.9 Å². The number of hydrogen-bond acceptors (Lipinski definition) is 2. The third-order valence-electron chi connectivity index (χ3n) is 2.40. The molecule has 2 aromatic rings. The first-order valence-electron chi connectivity index (χ1n) is 5.63. The molecule has 0 aliphatic heterocycles. The molecule has 3 nitrogen and oxygen atoms in total. The highest BCUT2D eigenvalue weighted by atomic mass is 16.1. The van der Waals surface area contributed by atoms with Crippen LogP contribution in [0.5, 0.6) is 0 Å². The third kappa shape index (κ3) is 2.50. The standard InChI is InChI=1S/C14H14N2O/c1-2-3-9-14(17)13-10-11-15-16(13)12-7-5-4-6-8-12/h3-11H,2H2,1H3/b9-3+. The van der Waals surface area contributed by atoms with Crippen LogP contribution in [0.3, 0.4) is 0 Å². The van der Waals surface area contributed by atoms with Crippen LogP contribution in [0, 0.1) is 0 Å². The van der Waals surface area contributed by atoms with Crippen LogP contribution < -0.4 is 0 Å². The zero-order chi connectivity index (χ0) is 12.1. The Morgan fingerprint density at radius 3 is 2.76 bits per heavy atom. The lowest BCUT2D eigenvalue weighted by molar-refractivity contribution is 0.103. The van der Waals surface area contributed by atoms with Gasteiger partial charge < -0.3 is 0 Å². The quantitative estimate of drug-likeness (QED) is 0.593. The number of carbonyl (C=O) groups excluding carboxylic acids is 1. The maximum absolute atomic E-state index is 11.9. The molecule has 0 saturated heterocycles. The van der Waals surface area contributed by atoms with Crippen molar-refractivity contribution in [3.05, 3.63) is 60.4 Å².